The van der Waals surface area contributed by atoms with E-state index in [4.69, 9.17) is 0 Å². The summed E-state index contributed by atoms with van der Waals surface area (Å²) in [6.07, 6.45) is -4.44. The summed E-state index contributed by atoms with van der Waals surface area (Å²) in [6.45, 7) is 3.51. The number of phenolic OH excluding ortho intramolecular Hbond substituents is 1. The van der Waals surface area contributed by atoms with Gasteiger partial charge in [-0.05, 0) is 48.0 Å². The third-order valence-electron chi connectivity index (χ3n) is 3.21. The molecule has 0 radical (unpaired) electrons. The van der Waals surface area contributed by atoms with Crippen molar-refractivity contribution in [3.05, 3.63) is 66.2 Å². The number of halogens is 3. The molecule has 8 heteroatoms. The van der Waals surface area contributed by atoms with E-state index in [1.807, 2.05) is 0 Å². The summed E-state index contributed by atoms with van der Waals surface area (Å²) < 4.78 is 37.9. The Labute approximate surface area is 142 Å². The average Bonchev–Trinajstić information content (AvgIpc) is 2.58. The SMILES string of the molecule is C=C(NNC(=O)CNc1cccc(C(F)(F)F)c1)c1ccc(O)cc1. The fourth-order valence-electron chi connectivity index (χ4n) is 1.91. The number of nitrogens with one attached hydrogen (secondary N) is 3. The zero-order valence-electron chi connectivity index (χ0n) is 13.0. The van der Waals surface area contributed by atoms with Gasteiger partial charge in [-0.2, -0.15) is 13.2 Å². The molecule has 4 N–H and O–H groups in total. The molecule has 2 aromatic rings. The van der Waals surface area contributed by atoms with E-state index in [-0.39, 0.29) is 18.0 Å². The van der Waals surface area contributed by atoms with Crippen molar-refractivity contribution < 1.29 is 23.1 Å². The van der Waals surface area contributed by atoms with Crippen LogP contribution in [-0.2, 0) is 11.0 Å². The van der Waals surface area contributed by atoms with Crippen molar-refractivity contribution in [2.24, 2.45) is 0 Å². The minimum atomic E-state index is -4.44. The highest BCUT2D eigenvalue weighted by molar-refractivity contribution is 5.81. The zero-order valence-corrected chi connectivity index (χ0v) is 13.0. The van der Waals surface area contributed by atoms with Crippen molar-refractivity contribution in [1.82, 2.24) is 10.9 Å². The lowest BCUT2D eigenvalue weighted by Gasteiger charge is -2.13. The molecule has 0 saturated heterocycles. The van der Waals surface area contributed by atoms with Crippen LogP contribution in [0.15, 0.2) is 55.1 Å². The Morgan fingerprint density at radius 1 is 1.08 bits per heavy atom. The van der Waals surface area contributed by atoms with Crippen LogP contribution < -0.4 is 16.2 Å². The largest absolute Gasteiger partial charge is 0.508 e. The third kappa shape index (κ3) is 5.45. The van der Waals surface area contributed by atoms with Gasteiger partial charge >= 0.3 is 6.18 Å². The zero-order chi connectivity index (χ0) is 18.4. The summed E-state index contributed by atoms with van der Waals surface area (Å²) in [5.74, 6) is -0.386. The van der Waals surface area contributed by atoms with Crippen LogP contribution >= 0.6 is 0 Å². The monoisotopic (exact) mass is 351 g/mol. The molecule has 2 rings (SSSR count). The van der Waals surface area contributed by atoms with E-state index in [1.165, 1.54) is 24.3 Å². The van der Waals surface area contributed by atoms with Gasteiger partial charge in [0, 0.05) is 5.69 Å². The van der Waals surface area contributed by atoms with Crippen LogP contribution in [0, 0.1) is 0 Å². The van der Waals surface area contributed by atoms with E-state index in [1.54, 1.807) is 12.1 Å². The van der Waals surface area contributed by atoms with Crippen molar-refractivity contribution >= 4 is 17.3 Å². The van der Waals surface area contributed by atoms with Crippen LogP contribution in [0.2, 0.25) is 0 Å². The maximum absolute atomic E-state index is 12.6. The maximum Gasteiger partial charge on any atom is 0.416 e. The quantitative estimate of drug-likeness (QED) is 0.604. The molecule has 0 aliphatic rings. The number of anilines is 1. The van der Waals surface area contributed by atoms with E-state index >= 15 is 0 Å². The number of aromatic hydroxyl groups is 1. The molecular weight excluding hydrogens is 335 g/mol. The highest BCUT2D eigenvalue weighted by atomic mass is 19.4. The van der Waals surface area contributed by atoms with Gasteiger partial charge < -0.3 is 10.4 Å². The molecule has 132 valence electrons. The Hall–Kier alpha value is -3.16. The Bertz CT molecular complexity index is 758. The molecule has 2 aromatic carbocycles. The summed E-state index contributed by atoms with van der Waals surface area (Å²) in [6, 6.07) is 10.7. The first-order chi connectivity index (χ1) is 11.8. The number of carbonyl (C=O) groups excluding carboxylic acids is 1. The van der Waals surface area contributed by atoms with Crippen LogP contribution in [0.1, 0.15) is 11.1 Å². The predicted molar refractivity (Wildman–Crippen MR) is 88.4 cm³/mol. The van der Waals surface area contributed by atoms with Crippen molar-refractivity contribution in [3.8, 4) is 5.75 Å². The van der Waals surface area contributed by atoms with Gasteiger partial charge in [0.1, 0.15) is 5.75 Å². The van der Waals surface area contributed by atoms with Crippen LogP contribution in [0.25, 0.3) is 5.70 Å². The van der Waals surface area contributed by atoms with Gasteiger partial charge in [0.25, 0.3) is 5.91 Å². The average molecular weight is 351 g/mol. The Morgan fingerprint density at radius 2 is 1.76 bits per heavy atom. The van der Waals surface area contributed by atoms with E-state index in [2.05, 4.69) is 22.7 Å². The first kappa shape index (κ1) is 18.2. The van der Waals surface area contributed by atoms with Gasteiger partial charge in [0.05, 0.1) is 17.8 Å². The fraction of sp³-hybridized carbons (Fsp3) is 0.118. The molecule has 0 aliphatic heterocycles. The molecule has 0 aromatic heterocycles. The van der Waals surface area contributed by atoms with Crippen molar-refractivity contribution in [3.63, 3.8) is 0 Å². The normalized spacial score (nSPS) is 10.8. The molecule has 0 aliphatic carbocycles. The first-order valence-corrected chi connectivity index (χ1v) is 7.20. The number of alkyl halides is 3. The first-order valence-electron chi connectivity index (χ1n) is 7.20. The molecule has 1 amide bonds. The third-order valence-corrected chi connectivity index (χ3v) is 3.21. The number of hydrazine groups is 1. The van der Waals surface area contributed by atoms with Crippen molar-refractivity contribution in [2.45, 2.75) is 6.18 Å². The van der Waals surface area contributed by atoms with E-state index in [0.717, 1.165) is 12.1 Å². The van der Waals surface area contributed by atoms with Gasteiger partial charge in [-0.1, -0.05) is 12.6 Å². The lowest BCUT2D eigenvalue weighted by atomic mass is 10.2. The Kier molecular flexibility index (Phi) is 5.53. The lowest BCUT2D eigenvalue weighted by molar-refractivity contribution is -0.137. The maximum atomic E-state index is 12.6. The van der Waals surface area contributed by atoms with E-state index < -0.39 is 17.6 Å². The topological polar surface area (TPSA) is 73.4 Å². The molecular formula is C17H16F3N3O2. The number of hydrogen-bond donors (Lipinski definition) is 4. The molecule has 25 heavy (non-hydrogen) atoms. The lowest BCUT2D eigenvalue weighted by Crippen LogP contribution is -2.39. The van der Waals surface area contributed by atoms with Crippen LogP contribution in [0.3, 0.4) is 0 Å². The number of rotatable bonds is 6. The van der Waals surface area contributed by atoms with E-state index in [0.29, 0.717) is 11.3 Å². The summed E-state index contributed by atoms with van der Waals surface area (Å²) in [5.41, 5.74) is 5.41. The molecule has 0 spiro atoms. The highest BCUT2D eigenvalue weighted by Gasteiger charge is 2.30. The van der Waals surface area contributed by atoms with Gasteiger partial charge in [0.15, 0.2) is 0 Å². The Balaban J connectivity index is 1.83. The van der Waals surface area contributed by atoms with Crippen molar-refractivity contribution in [1.29, 1.82) is 0 Å². The number of phenols is 1. The van der Waals surface area contributed by atoms with Gasteiger partial charge in [-0.3, -0.25) is 15.6 Å². The number of hydrogen-bond acceptors (Lipinski definition) is 4. The van der Waals surface area contributed by atoms with Crippen LogP contribution in [0.4, 0.5) is 18.9 Å². The fourth-order valence-corrected chi connectivity index (χ4v) is 1.91. The molecule has 0 saturated carbocycles. The molecule has 5 nitrogen and oxygen atoms in total. The molecule has 0 bridgehead atoms. The predicted octanol–water partition coefficient (Wildman–Crippen LogP) is 3.11. The van der Waals surface area contributed by atoms with Crippen molar-refractivity contribution in [2.75, 3.05) is 11.9 Å². The van der Waals surface area contributed by atoms with Gasteiger partial charge in [-0.25, -0.2) is 0 Å². The summed E-state index contributed by atoms with van der Waals surface area (Å²) in [5, 5.41) is 11.8. The number of carbonyl (C=O) groups is 1. The molecule has 0 heterocycles. The Morgan fingerprint density at radius 3 is 2.40 bits per heavy atom. The van der Waals surface area contributed by atoms with Crippen LogP contribution in [-0.4, -0.2) is 17.6 Å². The summed E-state index contributed by atoms with van der Waals surface area (Å²) in [7, 11) is 0. The second kappa shape index (κ2) is 7.61. The second-order valence-corrected chi connectivity index (χ2v) is 5.13. The molecule has 0 unspecified atom stereocenters. The number of benzene rings is 2. The smallest absolute Gasteiger partial charge is 0.416 e. The summed E-state index contributed by atoms with van der Waals surface area (Å²) >= 11 is 0. The molecule has 0 atom stereocenters. The number of amides is 1. The summed E-state index contributed by atoms with van der Waals surface area (Å²) in [4.78, 5) is 11.7. The van der Waals surface area contributed by atoms with Crippen LogP contribution in [0.5, 0.6) is 5.75 Å². The van der Waals surface area contributed by atoms with Gasteiger partial charge in [0.2, 0.25) is 0 Å². The highest BCUT2D eigenvalue weighted by Crippen LogP contribution is 2.30. The minimum Gasteiger partial charge on any atom is -0.508 e. The molecule has 0 fully saturated rings. The van der Waals surface area contributed by atoms with Gasteiger partial charge in [-0.15, -0.1) is 0 Å². The minimum absolute atomic E-state index is 0.103. The standard InChI is InChI=1S/C17H16F3N3O2/c1-11(12-5-7-15(24)8-6-12)22-23-16(25)10-21-14-4-2-3-13(9-14)17(18,19)20/h2-9,21-22,24H,1,10H2,(H,23,25). The van der Waals surface area contributed by atoms with E-state index in [9.17, 15) is 23.1 Å². The second-order valence-electron chi connectivity index (χ2n) is 5.13.